The second kappa shape index (κ2) is 12.8. The molecular weight excluding hydrogens is 504 g/mol. The van der Waals surface area contributed by atoms with Gasteiger partial charge in [0.05, 0.1) is 0 Å². The standard InChI is InChI=1S/C42H54/c1-10-13-38-40-24-36(29(5)20-31(40)7)23-35-22-34(27(3)19-28(35)4)14-11-12-15-39(37-17-16-26(2)18-30(37)6)42-25-41(38)32(8)21-33(42)9/h16-22,24-25,30,37-39H,10-15,23H2,1-9H3. The van der Waals surface area contributed by atoms with E-state index in [1.807, 2.05) is 0 Å². The molecule has 2 aliphatic carbocycles. The highest BCUT2D eigenvalue weighted by atomic mass is 14.3. The van der Waals surface area contributed by atoms with Crippen LogP contribution in [0.3, 0.4) is 0 Å². The van der Waals surface area contributed by atoms with E-state index < -0.39 is 0 Å². The third-order valence-electron chi connectivity index (χ3n) is 10.7. The molecular formula is C42H54. The number of fused-ring (bicyclic) bond motifs is 6. The van der Waals surface area contributed by atoms with E-state index in [9.17, 15) is 0 Å². The first kappa shape index (κ1) is 30.6. The maximum atomic E-state index is 2.67. The summed E-state index contributed by atoms with van der Waals surface area (Å²) in [7, 11) is 0. The lowest BCUT2D eigenvalue weighted by molar-refractivity contribution is 0.383. The van der Waals surface area contributed by atoms with Gasteiger partial charge in [0.25, 0.3) is 0 Å². The zero-order chi connectivity index (χ0) is 30.1. The van der Waals surface area contributed by atoms with Gasteiger partial charge in [-0.2, -0.15) is 0 Å². The van der Waals surface area contributed by atoms with E-state index in [4.69, 9.17) is 0 Å². The van der Waals surface area contributed by atoms with Crippen LogP contribution < -0.4 is 0 Å². The Labute approximate surface area is 257 Å². The van der Waals surface area contributed by atoms with Crippen molar-refractivity contribution in [3.05, 3.63) is 127 Å². The number of aryl methyl sites for hydroxylation is 7. The highest BCUT2D eigenvalue weighted by molar-refractivity contribution is 5.50. The van der Waals surface area contributed by atoms with Crippen LogP contribution in [0.1, 0.15) is 131 Å². The predicted molar refractivity (Wildman–Crippen MR) is 183 cm³/mol. The summed E-state index contributed by atoms with van der Waals surface area (Å²) >= 11 is 0. The molecule has 0 fully saturated rings. The van der Waals surface area contributed by atoms with E-state index in [1.165, 1.54) is 94.2 Å². The van der Waals surface area contributed by atoms with Gasteiger partial charge in [-0.1, -0.05) is 86.9 Å². The van der Waals surface area contributed by atoms with Gasteiger partial charge in [-0.3, -0.25) is 0 Å². The van der Waals surface area contributed by atoms with E-state index in [0.29, 0.717) is 23.7 Å². The summed E-state index contributed by atoms with van der Waals surface area (Å²) in [6.45, 7) is 21.1. The lowest BCUT2D eigenvalue weighted by Crippen LogP contribution is -2.21. The van der Waals surface area contributed by atoms with Crippen molar-refractivity contribution in [2.24, 2.45) is 11.8 Å². The fourth-order valence-corrected chi connectivity index (χ4v) is 8.28. The molecule has 3 aromatic rings. The van der Waals surface area contributed by atoms with Crippen LogP contribution in [0.15, 0.2) is 60.2 Å². The summed E-state index contributed by atoms with van der Waals surface area (Å²) in [5.74, 6) is 2.08. The van der Waals surface area contributed by atoms with Gasteiger partial charge in [0.1, 0.15) is 0 Å². The van der Waals surface area contributed by atoms with E-state index in [-0.39, 0.29) is 0 Å². The molecule has 0 saturated heterocycles. The zero-order valence-corrected chi connectivity index (χ0v) is 28.0. The summed E-state index contributed by atoms with van der Waals surface area (Å²) in [6.07, 6.45) is 15.8. The van der Waals surface area contributed by atoms with Gasteiger partial charge in [-0.25, -0.2) is 0 Å². The molecule has 0 radical (unpaired) electrons. The Kier molecular flexibility index (Phi) is 9.31. The van der Waals surface area contributed by atoms with Crippen LogP contribution in [0, 0.1) is 53.4 Å². The second-order valence-corrected chi connectivity index (χ2v) is 14.0. The highest BCUT2D eigenvalue weighted by Crippen LogP contribution is 2.43. The Morgan fingerprint density at radius 3 is 1.93 bits per heavy atom. The maximum absolute atomic E-state index is 2.67. The average molecular weight is 559 g/mol. The van der Waals surface area contributed by atoms with Crippen LogP contribution in [0.2, 0.25) is 0 Å². The monoisotopic (exact) mass is 558 g/mol. The summed E-state index contributed by atoms with van der Waals surface area (Å²) in [6, 6.07) is 15.2. The molecule has 4 unspecified atom stereocenters. The Morgan fingerprint density at radius 1 is 0.643 bits per heavy atom. The molecule has 0 saturated carbocycles. The molecule has 0 heteroatoms. The third-order valence-corrected chi connectivity index (χ3v) is 10.7. The molecule has 42 heavy (non-hydrogen) atoms. The van der Waals surface area contributed by atoms with Crippen molar-refractivity contribution < 1.29 is 0 Å². The topological polar surface area (TPSA) is 0 Å². The first-order chi connectivity index (χ1) is 20.1. The molecule has 0 heterocycles. The maximum Gasteiger partial charge on any atom is 0.00946 e. The van der Waals surface area contributed by atoms with Crippen molar-refractivity contribution >= 4 is 0 Å². The van der Waals surface area contributed by atoms with Gasteiger partial charge < -0.3 is 0 Å². The van der Waals surface area contributed by atoms with Gasteiger partial charge in [0, 0.05) is 5.92 Å². The third kappa shape index (κ3) is 6.24. The van der Waals surface area contributed by atoms with E-state index in [0.717, 1.165) is 6.42 Å². The number of allylic oxidation sites excluding steroid dienone is 4. The molecule has 0 amide bonds. The van der Waals surface area contributed by atoms with Gasteiger partial charge in [0.15, 0.2) is 0 Å². The van der Waals surface area contributed by atoms with Gasteiger partial charge in [0.2, 0.25) is 0 Å². The quantitative estimate of drug-likeness (QED) is 0.300. The van der Waals surface area contributed by atoms with Crippen molar-refractivity contribution in [1.29, 1.82) is 0 Å². The minimum Gasteiger partial charge on any atom is -0.0800 e. The van der Waals surface area contributed by atoms with E-state index >= 15 is 0 Å². The van der Waals surface area contributed by atoms with E-state index in [1.54, 1.807) is 16.7 Å². The molecule has 0 aromatic heterocycles. The molecule has 2 aliphatic rings. The number of hydrogen-bond donors (Lipinski definition) is 0. The minimum atomic E-state index is 0.429. The molecule has 222 valence electrons. The van der Waals surface area contributed by atoms with Crippen LogP contribution in [0.25, 0.3) is 0 Å². The SMILES string of the molecule is CCCC1c2cc(c(C)cc2C)Cc2cc(c(C)cc2C)CCCCC(C2C=CC(C)=CC2C)c2cc1c(C)cc2C. The van der Waals surface area contributed by atoms with Crippen LogP contribution >= 0.6 is 0 Å². The fraction of sp³-hybridized carbons (Fsp3) is 0.476. The summed E-state index contributed by atoms with van der Waals surface area (Å²) in [4.78, 5) is 0. The molecule has 5 rings (SSSR count). The normalized spacial score (nSPS) is 22.6. The predicted octanol–water partition coefficient (Wildman–Crippen LogP) is 11.6. The van der Waals surface area contributed by atoms with Crippen LogP contribution in [0.4, 0.5) is 0 Å². The van der Waals surface area contributed by atoms with Gasteiger partial charge >= 0.3 is 0 Å². The van der Waals surface area contributed by atoms with Crippen molar-refractivity contribution in [2.45, 2.75) is 119 Å². The van der Waals surface area contributed by atoms with Gasteiger partial charge in [-0.05, 0) is 165 Å². The fourth-order valence-electron chi connectivity index (χ4n) is 8.28. The van der Waals surface area contributed by atoms with Crippen LogP contribution in [-0.2, 0) is 12.8 Å². The van der Waals surface area contributed by atoms with Crippen molar-refractivity contribution in [1.82, 2.24) is 0 Å². The first-order valence-electron chi connectivity index (χ1n) is 16.7. The van der Waals surface area contributed by atoms with Gasteiger partial charge in [-0.15, -0.1) is 0 Å². The highest BCUT2D eigenvalue weighted by Gasteiger charge is 2.29. The molecule has 3 aromatic carbocycles. The number of hydrogen-bond acceptors (Lipinski definition) is 0. The van der Waals surface area contributed by atoms with E-state index in [2.05, 4.69) is 117 Å². The Balaban J connectivity index is 1.71. The average Bonchev–Trinajstić information content (AvgIpc) is 2.92. The van der Waals surface area contributed by atoms with Crippen LogP contribution in [-0.4, -0.2) is 0 Å². The zero-order valence-electron chi connectivity index (χ0n) is 28.0. The molecule has 0 spiro atoms. The lowest BCUT2D eigenvalue weighted by Gasteiger charge is -2.34. The number of benzene rings is 3. The Hall–Kier alpha value is -2.86. The summed E-state index contributed by atoms with van der Waals surface area (Å²) < 4.78 is 0. The molecule has 0 nitrogen and oxygen atoms in total. The molecule has 0 N–H and O–H groups in total. The lowest BCUT2D eigenvalue weighted by atomic mass is 9.71. The van der Waals surface area contributed by atoms with Crippen molar-refractivity contribution in [3.63, 3.8) is 0 Å². The van der Waals surface area contributed by atoms with Crippen LogP contribution in [0.5, 0.6) is 0 Å². The number of rotatable bonds is 3. The second-order valence-electron chi connectivity index (χ2n) is 14.0. The Bertz CT molecular complexity index is 1510. The molecule has 4 atom stereocenters. The smallest absolute Gasteiger partial charge is 0.00946 e. The molecule has 6 bridgehead atoms. The minimum absolute atomic E-state index is 0.429. The first-order valence-corrected chi connectivity index (χ1v) is 16.7. The van der Waals surface area contributed by atoms with Crippen molar-refractivity contribution in [2.75, 3.05) is 0 Å². The summed E-state index contributed by atoms with van der Waals surface area (Å²) in [5.41, 5.74) is 19.3. The van der Waals surface area contributed by atoms with Crippen molar-refractivity contribution in [3.8, 4) is 0 Å². The molecule has 0 aliphatic heterocycles. The summed E-state index contributed by atoms with van der Waals surface area (Å²) in [5, 5.41) is 0. The Morgan fingerprint density at radius 2 is 1.24 bits per heavy atom. The largest absolute Gasteiger partial charge is 0.0800 e.